The van der Waals surface area contributed by atoms with E-state index in [1.54, 1.807) is 92.7 Å². The van der Waals surface area contributed by atoms with Crippen LogP contribution >= 0.6 is 0 Å². The summed E-state index contributed by atoms with van der Waals surface area (Å²) in [6, 6.07) is 22.9. The average molecular weight is 930 g/mol. The van der Waals surface area contributed by atoms with Crippen LogP contribution in [0.25, 0.3) is 0 Å². The molecule has 1 amide bonds. The number of aliphatic hydroxyl groups is 3. The number of benzene rings is 3. The molecule has 0 unspecified atom stereocenters. The van der Waals surface area contributed by atoms with Gasteiger partial charge in [0.1, 0.15) is 23.9 Å². The van der Waals surface area contributed by atoms with Crippen molar-refractivity contribution in [2.45, 2.75) is 108 Å². The number of Topliss-reactive ketones (excluding diaryl/α,β-unsaturated/α-hetero) is 1. The first-order chi connectivity index (χ1) is 31.5. The van der Waals surface area contributed by atoms with Crippen LogP contribution in [-0.2, 0) is 47.6 Å². The summed E-state index contributed by atoms with van der Waals surface area (Å²) in [4.78, 5) is 92.6. The van der Waals surface area contributed by atoms with Gasteiger partial charge in [-0.1, -0.05) is 80.6 Å². The molecule has 0 aromatic heterocycles. The van der Waals surface area contributed by atoms with E-state index >= 15 is 4.79 Å². The van der Waals surface area contributed by atoms with Gasteiger partial charge < -0.3 is 54.2 Å². The smallest absolute Gasteiger partial charge is 0.456 e. The molecule has 18 nitrogen and oxygen atoms in total. The molecule has 1 saturated heterocycles. The van der Waals surface area contributed by atoms with E-state index in [4.69, 9.17) is 33.6 Å². The Labute approximate surface area is 386 Å². The van der Waals surface area contributed by atoms with Crippen LogP contribution in [0.2, 0.25) is 0 Å². The second-order valence-electron chi connectivity index (χ2n) is 17.8. The molecule has 358 valence electrons. The van der Waals surface area contributed by atoms with Crippen molar-refractivity contribution in [2.24, 2.45) is 16.7 Å². The molecule has 2 bridgehead atoms. The molecule has 4 aliphatic rings. The molecule has 11 atom stereocenters. The third-order valence-corrected chi connectivity index (χ3v) is 13.7. The molecule has 3 aromatic rings. The number of fused-ring (bicyclic) bond motifs is 5. The summed E-state index contributed by atoms with van der Waals surface area (Å²) in [6.07, 6.45) is -11.8. The van der Waals surface area contributed by atoms with Crippen molar-refractivity contribution < 1.29 is 82.4 Å². The zero-order valence-corrected chi connectivity index (χ0v) is 38.0. The van der Waals surface area contributed by atoms with Crippen LogP contribution in [0.5, 0.6) is 0 Å². The van der Waals surface area contributed by atoms with Gasteiger partial charge in [0.2, 0.25) is 0 Å². The van der Waals surface area contributed by atoms with E-state index < -0.39 is 119 Å². The van der Waals surface area contributed by atoms with Crippen LogP contribution in [0.3, 0.4) is 0 Å². The molecule has 18 heteroatoms. The SMILES string of the molecule is CC(=O)O[C@H]1C(=O)[C@@]2(C)[C@H]([C@H](OC(=O)c3ccccc3)[C@]3(O)C[C@H](OC(=O)[C@H](O)[C@@H](NC(=O)c4ccccc4)c4ccccc4)C(C)=C1C3(C)C)[C@]1(OC(C)=O)CO[C@@H]1C[C@@H]2O.COC(=O)O. The van der Waals surface area contributed by atoms with E-state index in [1.165, 1.54) is 26.0 Å². The van der Waals surface area contributed by atoms with Crippen LogP contribution < -0.4 is 5.32 Å². The van der Waals surface area contributed by atoms with Crippen molar-refractivity contribution in [3.63, 3.8) is 0 Å². The fourth-order valence-corrected chi connectivity index (χ4v) is 10.2. The van der Waals surface area contributed by atoms with Crippen LogP contribution in [0.15, 0.2) is 102 Å². The van der Waals surface area contributed by atoms with Gasteiger partial charge in [-0.3, -0.25) is 19.2 Å². The fourth-order valence-electron chi connectivity index (χ4n) is 10.2. The summed E-state index contributed by atoms with van der Waals surface area (Å²) in [6.45, 7) is 7.97. The van der Waals surface area contributed by atoms with Crippen molar-refractivity contribution in [3.05, 3.63) is 119 Å². The molecular formula is C49H55NO17. The van der Waals surface area contributed by atoms with Crippen molar-refractivity contribution in [3.8, 4) is 0 Å². The Morgan fingerprint density at radius 1 is 0.821 bits per heavy atom. The molecule has 2 saturated carbocycles. The highest BCUT2D eigenvalue weighted by molar-refractivity contribution is 5.96. The minimum atomic E-state index is -2.39. The van der Waals surface area contributed by atoms with Crippen LogP contribution in [0.1, 0.15) is 86.7 Å². The number of rotatable bonds is 10. The standard InChI is InChI=1S/C47H51NO14.C2H4O3/c1-25-31(60-43(56)36(52)35(28-16-10-7-11-17-28)48-41(54)29-18-12-8-13-19-29)23-47(57)40(61-42(55)30-20-14-9-15-21-30)38-45(6,32(51)22-33-46(38,24-58-33)62-27(3)50)39(53)37(59-26(2)49)34(25)44(47,4)5;1-5-2(3)4/h7-21,31-33,35-38,40,51-52,57H,22-24H2,1-6H3,(H,48,54);1H3,(H,3,4)/t31-,32-,33+,35-,36+,37+,38-,40-,45+,46-,47+;/m0./s1. The number of ketones is 1. The number of carboxylic acid groups (broad SMARTS) is 1. The predicted octanol–water partition coefficient (Wildman–Crippen LogP) is 4.05. The quantitative estimate of drug-likeness (QED) is 0.109. The zero-order valence-electron chi connectivity index (χ0n) is 38.0. The highest BCUT2D eigenvalue weighted by atomic mass is 16.7. The first kappa shape index (κ1) is 50.0. The molecule has 7 rings (SSSR count). The van der Waals surface area contributed by atoms with Crippen molar-refractivity contribution in [1.82, 2.24) is 5.32 Å². The molecule has 1 heterocycles. The van der Waals surface area contributed by atoms with E-state index in [-0.39, 0.29) is 35.3 Å². The lowest BCUT2D eigenvalue weighted by atomic mass is 9.44. The number of carbonyl (C=O) groups is 7. The highest BCUT2D eigenvalue weighted by Crippen LogP contribution is 2.64. The maximum absolute atomic E-state index is 15.5. The summed E-state index contributed by atoms with van der Waals surface area (Å²) in [5.41, 5.74) is -7.02. The van der Waals surface area contributed by atoms with Crippen molar-refractivity contribution in [1.29, 1.82) is 0 Å². The van der Waals surface area contributed by atoms with Gasteiger partial charge in [0.15, 0.2) is 23.6 Å². The van der Waals surface area contributed by atoms with Gasteiger partial charge in [-0.05, 0) is 54.8 Å². The monoisotopic (exact) mass is 929 g/mol. The molecule has 3 fully saturated rings. The molecule has 1 aliphatic heterocycles. The first-order valence-corrected chi connectivity index (χ1v) is 21.5. The first-order valence-electron chi connectivity index (χ1n) is 21.5. The van der Waals surface area contributed by atoms with Gasteiger partial charge in [0.25, 0.3) is 5.91 Å². The number of hydrogen-bond donors (Lipinski definition) is 5. The van der Waals surface area contributed by atoms with Crippen LogP contribution in [0, 0.1) is 16.7 Å². The lowest BCUT2D eigenvalue weighted by Gasteiger charge is -2.67. The van der Waals surface area contributed by atoms with Gasteiger partial charge in [-0.15, -0.1) is 0 Å². The number of amides is 1. The van der Waals surface area contributed by atoms with E-state index in [2.05, 4.69) is 10.1 Å². The number of methoxy groups -OCH3 is 1. The molecule has 3 aliphatic carbocycles. The number of aliphatic hydroxyl groups excluding tert-OH is 2. The van der Waals surface area contributed by atoms with Gasteiger partial charge in [0.05, 0.1) is 42.8 Å². The Balaban J connectivity index is 0.00000141. The minimum absolute atomic E-state index is 0.00289. The molecule has 0 spiro atoms. The lowest BCUT2D eigenvalue weighted by Crippen LogP contribution is -2.82. The predicted molar refractivity (Wildman–Crippen MR) is 233 cm³/mol. The Hall–Kier alpha value is -6.47. The average Bonchev–Trinajstić information content (AvgIpc) is 3.29. The Kier molecular flexibility index (Phi) is 14.5. The number of ether oxygens (including phenoxy) is 6. The maximum Gasteiger partial charge on any atom is 0.505 e. The van der Waals surface area contributed by atoms with Crippen LogP contribution in [0.4, 0.5) is 4.79 Å². The number of nitrogens with one attached hydrogen (secondary N) is 1. The third-order valence-electron chi connectivity index (χ3n) is 13.7. The molecule has 0 radical (unpaired) electrons. The maximum atomic E-state index is 15.5. The van der Waals surface area contributed by atoms with Crippen molar-refractivity contribution >= 4 is 41.7 Å². The second-order valence-corrected chi connectivity index (χ2v) is 17.8. The van der Waals surface area contributed by atoms with Gasteiger partial charge >= 0.3 is 30.0 Å². The normalized spacial score (nSPS) is 30.0. The summed E-state index contributed by atoms with van der Waals surface area (Å²) in [7, 11) is 1.10. The fraction of sp³-hybridized carbons (Fsp3) is 0.449. The molecular weight excluding hydrogens is 875 g/mol. The molecule has 67 heavy (non-hydrogen) atoms. The number of hydrogen-bond acceptors (Lipinski definition) is 16. The largest absolute Gasteiger partial charge is 0.505 e. The van der Waals surface area contributed by atoms with Crippen molar-refractivity contribution in [2.75, 3.05) is 13.7 Å². The van der Waals surface area contributed by atoms with Crippen LogP contribution in [-0.4, -0.2) is 124 Å². The third kappa shape index (κ3) is 9.18. The number of esters is 4. The van der Waals surface area contributed by atoms with Gasteiger partial charge in [0, 0.05) is 37.7 Å². The zero-order chi connectivity index (χ0) is 49.2. The summed E-state index contributed by atoms with van der Waals surface area (Å²) >= 11 is 0. The van der Waals surface area contributed by atoms with E-state index in [1.807, 2.05) is 0 Å². The van der Waals surface area contributed by atoms with E-state index in [0.717, 1.165) is 21.0 Å². The summed E-state index contributed by atoms with van der Waals surface area (Å²) in [5.74, 6) is -6.84. The van der Waals surface area contributed by atoms with E-state index in [0.29, 0.717) is 5.56 Å². The Bertz CT molecular complexity index is 2410. The van der Waals surface area contributed by atoms with Gasteiger partial charge in [-0.25, -0.2) is 14.4 Å². The highest BCUT2D eigenvalue weighted by Gasteiger charge is 2.78. The Morgan fingerprint density at radius 3 is 1.88 bits per heavy atom. The minimum Gasteiger partial charge on any atom is -0.456 e. The molecule has 5 N–H and O–H groups in total. The Morgan fingerprint density at radius 2 is 1.37 bits per heavy atom. The second kappa shape index (κ2) is 19.4. The number of carbonyl (C=O) groups excluding carboxylic acids is 6. The summed E-state index contributed by atoms with van der Waals surface area (Å²) in [5, 5.41) is 47.7. The van der Waals surface area contributed by atoms with Gasteiger partial charge in [-0.2, -0.15) is 0 Å². The summed E-state index contributed by atoms with van der Waals surface area (Å²) < 4.78 is 33.9. The lowest BCUT2D eigenvalue weighted by molar-refractivity contribution is -0.346. The van der Waals surface area contributed by atoms with E-state index in [9.17, 15) is 39.3 Å². The molecule has 3 aromatic carbocycles. The topological polar surface area (TPSA) is 268 Å².